The molecular formula is C14H20ClN3S. The highest BCUT2D eigenvalue weighted by Gasteiger charge is 1.94. The molecule has 0 aliphatic heterocycles. The quantitative estimate of drug-likeness (QED) is 0.629. The molecule has 19 heavy (non-hydrogen) atoms. The number of benzene rings is 1. The van der Waals surface area contributed by atoms with Gasteiger partial charge in [-0.15, -0.1) is 24.2 Å². The molecule has 2 rings (SSSR count). The van der Waals surface area contributed by atoms with E-state index in [1.54, 1.807) is 11.8 Å². The number of nitrogens with zero attached hydrogens (tertiary/aromatic N) is 2. The third-order valence-electron chi connectivity index (χ3n) is 2.82. The average Bonchev–Trinajstić information content (AvgIpc) is 2.92. The molecule has 0 saturated carbocycles. The molecule has 0 radical (unpaired) electrons. The van der Waals surface area contributed by atoms with Crippen LogP contribution < -0.4 is 5.32 Å². The third kappa shape index (κ3) is 5.68. The Labute approximate surface area is 125 Å². The van der Waals surface area contributed by atoms with E-state index in [1.165, 1.54) is 10.5 Å². The molecule has 0 saturated heterocycles. The number of thioether (sulfide) groups is 1. The number of aryl methyl sites for hydroxylation is 1. The Morgan fingerprint density at radius 2 is 2.05 bits per heavy atom. The summed E-state index contributed by atoms with van der Waals surface area (Å²) >= 11 is 1.78. The second-order valence-corrected chi connectivity index (χ2v) is 5.06. The van der Waals surface area contributed by atoms with Crippen molar-refractivity contribution in [3.8, 4) is 0 Å². The van der Waals surface area contributed by atoms with Crippen LogP contribution in [0.5, 0.6) is 0 Å². The smallest absolute Gasteiger partial charge is 0.0945 e. The van der Waals surface area contributed by atoms with Crippen LogP contribution in [-0.4, -0.2) is 22.4 Å². The first-order chi connectivity index (χ1) is 8.88. The molecule has 104 valence electrons. The van der Waals surface area contributed by atoms with Crippen LogP contribution in [0, 0.1) is 0 Å². The van der Waals surface area contributed by atoms with Crippen LogP contribution in [0.4, 0.5) is 0 Å². The van der Waals surface area contributed by atoms with Crippen molar-refractivity contribution in [2.75, 3.05) is 12.8 Å². The van der Waals surface area contributed by atoms with Crippen molar-refractivity contribution in [2.24, 2.45) is 0 Å². The van der Waals surface area contributed by atoms with Gasteiger partial charge in [-0.3, -0.25) is 0 Å². The van der Waals surface area contributed by atoms with Gasteiger partial charge in [0.15, 0.2) is 0 Å². The Hall–Kier alpha value is -0.970. The van der Waals surface area contributed by atoms with Gasteiger partial charge < -0.3 is 9.88 Å². The molecule has 0 fully saturated rings. The Morgan fingerprint density at radius 3 is 2.68 bits per heavy atom. The molecule has 0 atom stereocenters. The summed E-state index contributed by atoms with van der Waals surface area (Å²) in [7, 11) is 0. The van der Waals surface area contributed by atoms with E-state index >= 15 is 0 Å². The fourth-order valence-corrected chi connectivity index (χ4v) is 2.19. The molecule has 1 aromatic heterocycles. The van der Waals surface area contributed by atoms with Crippen LogP contribution in [0.25, 0.3) is 0 Å². The molecule has 3 nitrogen and oxygen atoms in total. The van der Waals surface area contributed by atoms with E-state index in [2.05, 4.69) is 45.4 Å². The topological polar surface area (TPSA) is 29.9 Å². The van der Waals surface area contributed by atoms with Gasteiger partial charge in [-0.25, -0.2) is 4.98 Å². The SMILES string of the molecule is CSc1ccc(CNCCCn2ccnc2)cc1.Cl. The summed E-state index contributed by atoms with van der Waals surface area (Å²) in [5.74, 6) is 0. The molecular weight excluding hydrogens is 278 g/mol. The van der Waals surface area contributed by atoms with Crippen LogP contribution >= 0.6 is 24.2 Å². The summed E-state index contributed by atoms with van der Waals surface area (Å²) in [5.41, 5.74) is 1.34. The van der Waals surface area contributed by atoms with E-state index in [4.69, 9.17) is 0 Å². The largest absolute Gasteiger partial charge is 0.337 e. The Kier molecular flexibility index (Phi) is 7.63. The summed E-state index contributed by atoms with van der Waals surface area (Å²) in [6.45, 7) is 3.00. The van der Waals surface area contributed by atoms with Crippen molar-refractivity contribution in [3.63, 3.8) is 0 Å². The summed E-state index contributed by atoms with van der Waals surface area (Å²) in [4.78, 5) is 5.34. The monoisotopic (exact) mass is 297 g/mol. The van der Waals surface area contributed by atoms with Crippen LogP contribution in [0.15, 0.2) is 47.9 Å². The Morgan fingerprint density at radius 1 is 1.26 bits per heavy atom. The van der Waals surface area contributed by atoms with Crippen LogP contribution in [-0.2, 0) is 13.1 Å². The molecule has 1 N–H and O–H groups in total. The number of halogens is 1. The minimum atomic E-state index is 0. The molecule has 0 amide bonds. The molecule has 1 aromatic carbocycles. The van der Waals surface area contributed by atoms with E-state index in [0.717, 1.165) is 26.1 Å². The molecule has 2 aromatic rings. The van der Waals surface area contributed by atoms with E-state index in [9.17, 15) is 0 Å². The molecule has 0 bridgehead atoms. The first-order valence-electron chi connectivity index (χ1n) is 6.18. The standard InChI is InChI=1S/C14H19N3S.ClH/c1-18-14-5-3-13(4-6-14)11-15-7-2-9-17-10-8-16-12-17;/h3-6,8,10,12,15H,2,7,9,11H2,1H3;1H. The molecule has 0 unspecified atom stereocenters. The van der Waals surface area contributed by atoms with E-state index in [1.807, 2.05) is 18.7 Å². The van der Waals surface area contributed by atoms with E-state index in [0.29, 0.717) is 0 Å². The summed E-state index contributed by atoms with van der Waals surface area (Å²) in [6.07, 6.45) is 8.91. The fourth-order valence-electron chi connectivity index (χ4n) is 1.78. The number of nitrogens with one attached hydrogen (secondary N) is 1. The lowest BCUT2D eigenvalue weighted by molar-refractivity contribution is 0.580. The van der Waals surface area contributed by atoms with Crippen LogP contribution in [0.2, 0.25) is 0 Å². The van der Waals surface area contributed by atoms with Gasteiger partial charge in [0, 0.05) is 30.4 Å². The highest BCUT2D eigenvalue weighted by Crippen LogP contribution is 2.14. The van der Waals surface area contributed by atoms with E-state index < -0.39 is 0 Å². The second-order valence-electron chi connectivity index (χ2n) is 4.18. The van der Waals surface area contributed by atoms with Crippen molar-refractivity contribution in [1.29, 1.82) is 0 Å². The lowest BCUT2D eigenvalue weighted by Crippen LogP contribution is -2.16. The van der Waals surface area contributed by atoms with Gasteiger partial charge in [-0.2, -0.15) is 0 Å². The summed E-state index contributed by atoms with van der Waals surface area (Å²) in [5, 5.41) is 3.46. The minimum absolute atomic E-state index is 0. The van der Waals surface area contributed by atoms with Crippen molar-refractivity contribution in [1.82, 2.24) is 14.9 Å². The van der Waals surface area contributed by atoms with Gasteiger partial charge in [-0.05, 0) is 36.9 Å². The number of rotatable bonds is 7. The average molecular weight is 298 g/mol. The van der Waals surface area contributed by atoms with Crippen molar-refractivity contribution in [2.45, 2.75) is 24.4 Å². The van der Waals surface area contributed by atoms with Gasteiger partial charge >= 0.3 is 0 Å². The van der Waals surface area contributed by atoms with Gasteiger partial charge in [0.05, 0.1) is 6.33 Å². The number of imidazole rings is 1. The number of hydrogen-bond acceptors (Lipinski definition) is 3. The lowest BCUT2D eigenvalue weighted by Gasteiger charge is -2.06. The highest BCUT2D eigenvalue weighted by molar-refractivity contribution is 7.98. The van der Waals surface area contributed by atoms with Gasteiger partial charge in [0.25, 0.3) is 0 Å². The Bertz CT molecular complexity index is 442. The number of aromatic nitrogens is 2. The van der Waals surface area contributed by atoms with Crippen LogP contribution in [0.1, 0.15) is 12.0 Å². The predicted molar refractivity (Wildman–Crippen MR) is 84.0 cm³/mol. The zero-order valence-electron chi connectivity index (χ0n) is 11.1. The molecule has 1 heterocycles. The third-order valence-corrected chi connectivity index (χ3v) is 3.56. The molecule has 0 aliphatic rings. The zero-order chi connectivity index (χ0) is 12.6. The predicted octanol–water partition coefficient (Wildman–Crippen LogP) is 3.21. The fraction of sp³-hybridized carbons (Fsp3) is 0.357. The first kappa shape index (κ1) is 16.1. The van der Waals surface area contributed by atoms with Crippen molar-refractivity contribution < 1.29 is 0 Å². The maximum absolute atomic E-state index is 4.03. The maximum Gasteiger partial charge on any atom is 0.0945 e. The summed E-state index contributed by atoms with van der Waals surface area (Å²) in [6, 6.07) is 8.73. The summed E-state index contributed by atoms with van der Waals surface area (Å²) < 4.78 is 2.11. The minimum Gasteiger partial charge on any atom is -0.337 e. The number of hydrogen-bond donors (Lipinski definition) is 1. The Balaban J connectivity index is 0.00000180. The van der Waals surface area contributed by atoms with Crippen molar-refractivity contribution in [3.05, 3.63) is 48.5 Å². The normalized spacial score (nSPS) is 10.2. The molecule has 0 spiro atoms. The van der Waals surface area contributed by atoms with Gasteiger partial charge in [-0.1, -0.05) is 12.1 Å². The van der Waals surface area contributed by atoms with Crippen molar-refractivity contribution >= 4 is 24.2 Å². The second kappa shape index (κ2) is 9.02. The van der Waals surface area contributed by atoms with Gasteiger partial charge in [0.1, 0.15) is 0 Å². The highest BCUT2D eigenvalue weighted by atomic mass is 35.5. The lowest BCUT2D eigenvalue weighted by atomic mass is 10.2. The van der Waals surface area contributed by atoms with Crippen LogP contribution in [0.3, 0.4) is 0 Å². The molecule has 5 heteroatoms. The molecule has 0 aliphatic carbocycles. The zero-order valence-corrected chi connectivity index (χ0v) is 12.7. The van der Waals surface area contributed by atoms with E-state index in [-0.39, 0.29) is 12.4 Å². The maximum atomic E-state index is 4.03. The first-order valence-corrected chi connectivity index (χ1v) is 7.40. The van der Waals surface area contributed by atoms with Gasteiger partial charge in [0.2, 0.25) is 0 Å².